The molecule has 0 saturated heterocycles. The molecular formula is C15H13FN2OS. The molecular weight excluding hydrogens is 275 g/mol. The molecule has 0 aliphatic carbocycles. The minimum Gasteiger partial charge on any atom is -0.397 e. The normalized spacial score (nSPS) is 16.8. The van der Waals surface area contributed by atoms with Gasteiger partial charge < -0.3 is 11.1 Å². The number of anilines is 2. The van der Waals surface area contributed by atoms with Crippen molar-refractivity contribution < 1.29 is 9.18 Å². The Labute approximate surface area is 120 Å². The van der Waals surface area contributed by atoms with Crippen molar-refractivity contribution in [1.29, 1.82) is 0 Å². The fourth-order valence-corrected chi connectivity index (χ4v) is 3.40. The number of carbonyl (C=O) groups is 1. The maximum Gasteiger partial charge on any atom is 0.238 e. The molecule has 1 unspecified atom stereocenters. The van der Waals surface area contributed by atoms with E-state index in [4.69, 9.17) is 5.73 Å². The average molecular weight is 288 g/mol. The summed E-state index contributed by atoms with van der Waals surface area (Å²) in [5.41, 5.74) is 7.14. The molecule has 3 rings (SSSR count). The summed E-state index contributed by atoms with van der Waals surface area (Å²) in [6.45, 7) is 0. The van der Waals surface area contributed by atoms with E-state index in [1.54, 1.807) is 6.07 Å². The molecule has 3 N–H and O–H groups in total. The van der Waals surface area contributed by atoms with Crippen molar-refractivity contribution in [1.82, 2.24) is 0 Å². The van der Waals surface area contributed by atoms with Crippen molar-refractivity contribution in [3.8, 4) is 0 Å². The Hall–Kier alpha value is -2.01. The lowest BCUT2D eigenvalue weighted by Gasteiger charge is -2.12. The molecule has 0 saturated carbocycles. The van der Waals surface area contributed by atoms with Crippen LogP contribution in [0.3, 0.4) is 0 Å². The molecule has 1 aliphatic heterocycles. The molecule has 3 nitrogen and oxygen atoms in total. The second kappa shape index (κ2) is 5.17. The van der Waals surface area contributed by atoms with Crippen LogP contribution in [0.15, 0.2) is 47.4 Å². The number of nitrogens with two attached hydrogens (primary N) is 1. The molecule has 2 aromatic carbocycles. The van der Waals surface area contributed by atoms with Crippen LogP contribution in [0.1, 0.15) is 5.56 Å². The molecule has 2 aromatic rings. The first kappa shape index (κ1) is 13.0. The van der Waals surface area contributed by atoms with E-state index in [1.807, 2.05) is 24.3 Å². The van der Waals surface area contributed by atoms with Crippen LogP contribution in [0.2, 0.25) is 0 Å². The summed E-state index contributed by atoms with van der Waals surface area (Å²) < 4.78 is 13.7. The van der Waals surface area contributed by atoms with Crippen LogP contribution in [0.4, 0.5) is 15.8 Å². The Morgan fingerprint density at radius 3 is 2.80 bits per heavy atom. The van der Waals surface area contributed by atoms with E-state index in [2.05, 4.69) is 5.32 Å². The van der Waals surface area contributed by atoms with Gasteiger partial charge in [-0.2, -0.15) is 0 Å². The zero-order chi connectivity index (χ0) is 14.1. The van der Waals surface area contributed by atoms with Crippen LogP contribution >= 0.6 is 11.8 Å². The van der Waals surface area contributed by atoms with Gasteiger partial charge in [0.1, 0.15) is 11.5 Å². The number of para-hydroxylation sites is 1. The first-order valence-electron chi connectivity index (χ1n) is 6.24. The Morgan fingerprint density at radius 2 is 2.05 bits per heavy atom. The predicted molar refractivity (Wildman–Crippen MR) is 79.2 cm³/mol. The number of benzene rings is 2. The molecule has 0 aromatic heterocycles. The van der Waals surface area contributed by atoms with Crippen molar-refractivity contribution in [2.45, 2.75) is 16.6 Å². The summed E-state index contributed by atoms with van der Waals surface area (Å²) in [7, 11) is 0. The minimum absolute atomic E-state index is 0.0639. The van der Waals surface area contributed by atoms with E-state index < -0.39 is 5.82 Å². The number of nitrogens with one attached hydrogen (secondary N) is 1. The van der Waals surface area contributed by atoms with Crippen LogP contribution in [-0.2, 0) is 11.2 Å². The van der Waals surface area contributed by atoms with Crippen LogP contribution < -0.4 is 11.1 Å². The molecule has 1 amide bonds. The van der Waals surface area contributed by atoms with Gasteiger partial charge in [-0.1, -0.05) is 24.3 Å². The predicted octanol–water partition coefficient (Wildman–Crippen LogP) is 3.06. The molecule has 102 valence electrons. The Morgan fingerprint density at radius 1 is 1.25 bits per heavy atom. The van der Waals surface area contributed by atoms with Gasteiger partial charge in [0.05, 0.1) is 10.9 Å². The van der Waals surface area contributed by atoms with Gasteiger partial charge in [-0.15, -0.1) is 11.8 Å². The monoisotopic (exact) mass is 288 g/mol. The van der Waals surface area contributed by atoms with Gasteiger partial charge in [-0.3, -0.25) is 4.79 Å². The summed E-state index contributed by atoms with van der Waals surface area (Å²) >= 11 is 1.50. The lowest BCUT2D eigenvalue weighted by molar-refractivity contribution is -0.115. The number of hydrogen-bond donors (Lipinski definition) is 2. The van der Waals surface area contributed by atoms with Crippen molar-refractivity contribution >= 4 is 29.0 Å². The Balaban J connectivity index is 1.76. The number of hydrogen-bond acceptors (Lipinski definition) is 3. The number of carbonyl (C=O) groups excluding carboxylic acids is 1. The fraction of sp³-hybridized carbons (Fsp3) is 0.133. The topological polar surface area (TPSA) is 55.1 Å². The number of fused-ring (bicyclic) bond motifs is 1. The van der Waals surface area contributed by atoms with Crippen LogP contribution in [0.25, 0.3) is 0 Å². The first-order valence-corrected chi connectivity index (χ1v) is 7.12. The highest BCUT2D eigenvalue weighted by molar-refractivity contribution is 8.01. The highest BCUT2D eigenvalue weighted by atomic mass is 32.2. The summed E-state index contributed by atoms with van der Waals surface area (Å²) in [5.74, 6) is -0.734. The average Bonchev–Trinajstić information content (AvgIpc) is 2.87. The zero-order valence-corrected chi connectivity index (χ0v) is 11.4. The van der Waals surface area contributed by atoms with Crippen LogP contribution in [-0.4, -0.2) is 11.2 Å². The van der Waals surface area contributed by atoms with Crippen LogP contribution in [0, 0.1) is 5.82 Å². The van der Waals surface area contributed by atoms with E-state index in [1.165, 1.54) is 23.9 Å². The lowest BCUT2D eigenvalue weighted by Crippen LogP contribution is -2.25. The van der Waals surface area contributed by atoms with E-state index in [-0.39, 0.29) is 22.5 Å². The van der Waals surface area contributed by atoms with Gasteiger partial charge in [0, 0.05) is 4.90 Å². The molecule has 1 atom stereocenters. The molecule has 1 heterocycles. The number of halogens is 1. The number of nitrogen functional groups attached to an aromatic ring is 1. The van der Waals surface area contributed by atoms with E-state index >= 15 is 0 Å². The summed E-state index contributed by atoms with van der Waals surface area (Å²) in [5, 5.41) is 2.35. The van der Waals surface area contributed by atoms with Crippen LogP contribution in [0.5, 0.6) is 0 Å². The quantitative estimate of drug-likeness (QED) is 0.835. The third kappa shape index (κ3) is 2.36. The highest BCUT2D eigenvalue weighted by Gasteiger charge is 2.28. The molecule has 1 aliphatic rings. The lowest BCUT2D eigenvalue weighted by atomic mass is 10.1. The number of thioether (sulfide) groups is 1. The smallest absolute Gasteiger partial charge is 0.238 e. The van der Waals surface area contributed by atoms with Crippen molar-refractivity contribution in [3.63, 3.8) is 0 Å². The number of amides is 1. The summed E-state index contributed by atoms with van der Waals surface area (Å²) in [4.78, 5) is 13.3. The van der Waals surface area contributed by atoms with Gasteiger partial charge in [0.15, 0.2) is 0 Å². The third-order valence-corrected chi connectivity index (χ3v) is 4.55. The van der Waals surface area contributed by atoms with Gasteiger partial charge in [-0.25, -0.2) is 4.39 Å². The second-order valence-corrected chi connectivity index (χ2v) is 5.86. The molecule has 20 heavy (non-hydrogen) atoms. The third-order valence-electron chi connectivity index (χ3n) is 3.23. The van der Waals surface area contributed by atoms with E-state index in [0.29, 0.717) is 6.42 Å². The maximum atomic E-state index is 13.7. The van der Waals surface area contributed by atoms with E-state index in [0.717, 1.165) is 10.5 Å². The maximum absolute atomic E-state index is 13.7. The Kier molecular flexibility index (Phi) is 3.36. The molecule has 5 heteroatoms. The van der Waals surface area contributed by atoms with Crippen molar-refractivity contribution in [3.05, 3.63) is 53.8 Å². The molecule has 0 bridgehead atoms. The zero-order valence-electron chi connectivity index (χ0n) is 10.6. The van der Waals surface area contributed by atoms with Gasteiger partial charge in [0.2, 0.25) is 5.91 Å². The SMILES string of the molecule is Nc1cccc(F)c1NC(=O)C1Cc2ccccc2S1. The van der Waals surface area contributed by atoms with Crippen molar-refractivity contribution in [2.24, 2.45) is 0 Å². The largest absolute Gasteiger partial charge is 0.397 e. The van der Waals surface area contributed by atoms with E-state index in [9.17, 15) is 9.18 Å². The fourth-order valence-electron chi connectivity index (χ4n) is 2.20. The molecule has 0 spiro atoms. The standard InChI is InChI=1S/C15H13FN2OS/c16-10-5-3-6-11(17)14(10)18-15(19)13-8-9-4-1-2-7-12(9)20-13/h1-7,13H,8,17H2,(H,18,19). The molecule has 0 radical (unpaired) electrons. The number of rotatable bonds is 2. The van der Waals surface area contributed by atoms with Gasteiger partial charge >= 0.3 is 0 Å². The minimum atomic E-state index is -0.515. The highest BCUT2D eigenvalue weighted by Crippen LogP contribution is 2.37. The molecule has 0 fully saturated rings. The second-order valence-electron chi connectivity index (χ2n) is 4.61. The summed E-state index contributed by atoms with van der Waals surface area (Å²) in [6, 6.07) is 12.3. The Bertz CT molecular complexity index is 629. The van der Waals surface area contributed by atoms with Gasteiger partial charge in [-0.05, 0) is 30.2 Å². The summed E-state index contributed by atoms with van der Waals surface area (Å²) in [6.07, 6.45) is 0.654. The first-order chi connectivity index (χ1) is 9.65. The van der Waals surface area contributed by atoms with Crippen molar-refractivity contribution in [2.75, 3.05) is 11.1 Å². The van der Waals surface area contributed by atoms with Gasteiger partial charge in [0.25, 0.3) is 0 Å².